The molecule has 1 aromatic rings. The maximum absolute atomic E-state index is 13.3. The van der Waals surface area contributed by atoms with Gasteiger partial charge in [-0.15, -0.1) is 0 Å². The molecule has 0 heterocycles. The van der Waals surface area contributed by atoms with Gasteiger partial charge in [-0.1, -0.05) is 91.1 Å². The van der Waals surface area contributed by atoms with Gasteiger partial charge in [-0.3, -0.25) is 19.3 Å². The topological polar surface area (TPSA) is 98.7 Å². The molecule has 2 amide bonds. The predicted octanol–water partition coefficient (Wildman–Crippen LogP) is 5.95. The smallest absolute Gasteiger partial charge is 0.322 e. The summed E-state index contributed by atoms with van der Waals surface area (Å²) in [5.41, 5.74) is -0.115. The maximum atomic E-state index is 13.3. The molecule has 0 aliphatic rings. The van der Waals surface area contributed by atoms with Crippen LogP contribution in [0.4, 0.5) is 0 Å². The van der Waals surface area contributed by atoms with E-state index in [9.17, 15) is 14.4 Å². The Morgan fingerprint density at radius 1 is 0.868 bits per heavy atom. The number of hydrogen-bond acceptors (Lipinski definition) is 4. The molecule has 1 aromatic carbocycles. The lowest BCUT2D eigenvalue weighted by Crippen LogP contribution is -2.45. The van der Waals surface area contributed by atoms with Crippen molar-refractivity contribution in [3.63, 3.8) is 0 Å². The van der Waals surface area contributed by atoms with Crippen LogP contribution in [0.1, 0.15) is 111 Å². The summed E-state index contributed by atoms with van der Waals surface area (Å²) in [6.45, 7) is 14.6. The average Bonchev–Trinajstić information content (AvgIpc) is 2.91. The fraction of sp³-hybridized carbons (Fsp3) is 0.710. The van der Waals surface area contributed by atoms with Gasteiger partial charge in [0.2, 0.25) is 11.8 Å². The molecule has 1 rings (SSSR count). The lowest BCUT2D eigenvalue weighted by Gasteiger charge is -2.34. The number of rotatable bonds is 20. The van der Waals surface area contributed by atoms with Crippen LogP contribution >= 0.6 is 0 Å². The van der Waals surface area contributed by atoms with Crippen molar-refractivity contribution in [3.8, 4) is 0 Å². The van der Waals surface area contributed by atoms with Crippen molar-refractivity contribution in [2.45, 2.75) is 105 Å². The number of benzene rings is 1. The fourth-order valence-electron chi connectivity index (χ4n) is 5.00. The summed E-state index contributed by atoms with van der Waals surface area (Å²) in [5, 5.41) is 14.9. The lowest BCUT2D eigenvalue weighted by atomic mass is 9.72. The highest BCUT2D eigenvalue weighted by molar-refractivity contribution is 5.85. The maximum Gasteiger partial charge on any atom is 0.322 e. The largest absolute Gasteiger partial charge is 0.480 e. The summed E-state index contributed by atoms with van der Waals surface area (Å²) in [7, 11) is 0. The third kappa shape index (κ3) is 11.5. The summed E-state index contributed by atoms with van der Waals surface area (Å²) < 4.78 is 0. The molecule has 3 N–H and O–H groups in total. The minimum Gasteiger partial charge on any atom is -0.480 e. The van der Waals surface area contributed by atoms with Crippen LogP contribution in [0.25, 0.3) is 0 Å². The zero-order chi connectivity index (χ0) is 28.6. The number of carboxylic acid groups (broad SMARTS) is 1. The number of aliphatic carboxylic acids is 1. The van der Waals surface area contributed by atoms with Crippen molar-refractivity contribution in [2.24, 2.45) is 10.8 Å². The molecule has 0 aliphatic carbocycles. The zero-order valence-corrected chi connectivity index (χ0v) is 24.8. The Morgan fingerprint density at radius 3 is 1.95 bits per heavy atom. The first-order valence-corrected chi connectivity index (χ1v) is 14.6. The number of carbonyl (C=O) groups is 3. The molecule has 0 saturated carbocycles. The molecule has 0 saturated heterocycles. The quantitative estimate of drug-likeness (QED) is 0.181. The number of hydrogen-bond donors (Lipinski definition) is 3. The van der Waals surface area contributed by atoms with Gasteiger partial charge in [-0.05, 0) is 63.1 Å². The minimum atomic E-state index is -1.06. The molecule has 216 valence electrons. The van der Waals surface area contributed by atoms with E-state index in [2.05, 4.69) is 48.4 Å². The summed E-state index contributed by atoms with van der Waals surface area (Å²) in [6.07, 6.45) is 7.76. The predicted molar refractivity (Wildman–Crippen MR) is 155 cm³/mol. The van der Waals surface area contributed by atoms with Crippen molar-refractivity contribution >= 4 is 17.8 Å². The van der Waals surface area contributed by atoms with Gasteiger partial charge >= 0.3 is 5.97 Å². The second kappa shape index (κ2) is 17.2. The van der Waals surface area contributed by atoms with Gasteiger partial charge in [0.1, 0.15) is 6.54 Å². The van der Waals surface area contributed by atoms with E-state index in [-0.39, 0.29) is 17.7 Å². The average molecular weight is 532 g/mol. The van der Waals surface area contributed by atoms with Crippen LogP contribution in [0.2, 0.25) is 0 Å². The van der Waals surface area contributed by atoms with Gasteiger partial charge in [-0.2, -0.15) is 0 Å². The Balaban J connectivity index is 2.87. The van der Waals surface area contributed by atoms with E-state index in [1.165, 1.54) is 0 Å². The Hall–Kier alpha value is -2.41. The Morgan fingerprint density at radius 2 is 1.42 bits per heavy atom. The van der Waals surface area contributed by atoms with Crippen LogP contribution in [0.3, 0.4) is 0 Å². The summed E-state index contributed by atoms with van der Waals surface area (Å²) in [4.78, 5) is 39.9. The van der Waals surface area contributed by atoms with Crippen LogP contribution in [0.5, 0.6) is 0 Å². The first-order valence-electron chi connectivity index (χ1n) is 14.6. The minimum absolute atomic E-state index is 0.0627. The van der Waals surface area contributed by atoms with E-state index in [1.54, 1.807) is 0 Å². The SMILES string of the molecule is CCCCN(CCCC)CNC(=O)C(C)(CC)CCCC(C)(CC(C)c1ccccc1)C(=O)NCC(=O)O. The van der Waals surface area contributed by atoms with Crippen molar-refractivity contribution in [2.75, 3.05) is 26.3 Å². The highest BCUT2D eigenvalue weighted by Crippen LogP contribution is 2.38. The van der Waals surface area contributed by atoms with Crippen molar-refractivity contribution < 1.29 is 19.5 Å². The van der Waals surface area contributed by atoms with Gasteiger partial charge in [0.25, 0.3) is 0 Å². The van der Waals surface area contributed by atoms with Crippen molar-refractivity contribution in [3.05, 3.63) is 35.9 Å². The number of nitrogens with one attached hydrogen (secondary N) is 2. The van der Waals surface area contributed by atoms with Gasteiger partial charge in [-0.25, -0.2) is 0 Å². The Labute approximate surface area is 231 Å². The molecule has 0 aromatic heterocycles. The molecule has 0 aliphatic heterocycles. The Bertz CT molecular complexity index is 839. The first kappa shape index (κ1) is 33.6. The van der Waals surface area contributed by atoms with E-state index >= 15 is 0 Å². The van der Waals surface area contributed by atoms with Gasteiger partial charge in [0.05, 0.1) is 6.67 Å². The zero-order valence-electron chi connectivity index (χ0n) is 24.8. The molecular formula is C31H53N3O4. The highest BCUT2D eigenvalue weighted by atomic mass is 16.4. The normalized spacial score (nSPS) is 15.3. The number of carbonyl (C=O) groups excluding carboxylic acids is 2. The molecule has 0 radical (unpaired) electrons. The lowest BCUT2D eigenvalue weighted by molar-refractivity contribution is -0.140. The van der Waals surface area contributed by atoms with Crippen LogP contribution < -0.4 is 10.6 Å². The number of unbranched alkanes of at least 4 members (excludes halogenated alkanes) is 2. The Kier molecular flexibility index (Phi) is 15.2. The third-order valence-corrected chi connectivity index (χ3v) is 7.98. The molecule has 0 spiro atoms. The van der Waals surface area contributed by atoms with Crippen LogP contribution in [-0.2, 0) is 14.4 Å². The molecule has 0 bridgehead atoms. The van der Waals surface area contributed by atoms with Crippen LogP contribution in [0.15, 0.2) is 30.3 Å². The monoisotopic (exact) mass is 531 g/mol. The summed E-state index contributed by atoms with van der Waals surface area (Å²) in [6, 6.07) is 10.1. The van der Waals surface area contributed by atoms with Crippen LogP contribution in [-0.4, -0.2) is 54.1 Å². The molecule has 3 atom stereocenters. The molecule has 3 unspecified atom stereocenters. The summed E-state index contributed by atoms with van der Waals surface area (Å²) in [5.74, 6) is -1.10. The second-order valence-electron chi connectivity index (χ2n) is 11.4. The van der Waals surface area contributed by atoms with Gasteiger partial charge < -0.3 is 15.7 Å². The van der Waals surface area contributed by atoms with E-state index in [4.69, 9.17) is 5.11 Å². The molecule has 7 heteroatoms. The molecular weight excluding hydrogens is 478 g/mol. The molecule has 7 nitrogen and oxygen atoms in total. The standard InChI is InChI=1S/C31H53N3O4/c1-7-10-20-34(21-11-8-2)24-33-28(37)30(5,9-3)18-15-19-31(6,29(38)32-23-27(35)36)22-25(4)26-16-13-12-14-17-26/h12-14,16-17,25H,7-11,15,18-24H2,1-6H3,(H,32,38)(H,33,37)(H,35,36). The van der Waals surface area contributed by atoms with E-state index in [1.807, 2.05) is 39.0 Å². The highest BCUT2D eigenvalue weighted by Gasteiger charge is 2.37. The van der Waals surface area contributed by atoms with E-state index in [0.29, 0.717) is 38.8 Å². The molecule has 0 fully saturated rings. The number of amides is 2. The molecule has 38 heavy (non-hydrogen) atoms. The third-order valence-electron chi connectivity index (χ3n) is 7.98. The first-order chi connectivity index (χ1) is 18.0. The van der Waals surface area contributed by atoms with E-state index < -0.39 is 23.3 Å². The number of carboxylic acids is 1. The summed E-state index contributed by atoms with van der Waals surface area (Å²) >= 11 is 0. The van der Waals surface area contributed by atoms with Crippen molar-refractivity contribution in [1.82, 2.24) is 15.5 Å². The van der Waals surface area contributed by atoms with Crippen LogP contribution in [0, 0.1) is 10.8 Å². The fourth-order valence-corrected chi connectivity index (χ4v) is 5.00. The second-order valence-corrected chi connectivity index (χ2v) is 11.4. The van der Waals surface area contributed by atoms with Crippen molar-refractivity contribution in [1.29, 1.82) is 0 Å². The van der Waals surface area contributed by atoms with Gasteiger partial charge in [0, 0.05) is 10.8 Å². The van der Waals surface area contributed by atoms with Gasteiger partial charge in [0.15, 0.2) is 0 Å². The number of nitrogens with zero attached hydrogens (tertiary/aromatic N) is 1. The van der Waals surface area contributed by atoms with E-state index in [0.717, 1.165) is 44.3 Å².